The van der Waals surface area contributed by atoms with Crippen molar-refractivity contribution >= 4 is 11.9 Å². The van der Waals surface area contributed by atoms with Crippen molar-refractivity contribution in [3.63, 3.8) is 0 Å². The summed E-state index contributed by atoms with van der Waals surface area (Å²) in [5.41, 5.74) is 5.58. The van der Waals surface area contributed by atoms with Gasteiger partial charge in [0.2, 0.25) is 0 Å². The number of hydrogen-bond acceptors (Lipinski definition) is 2. The fourth-order valence-electron chi connectivity index (χ4n) is 2.42. The number of phenolic OH excluding ortho intramolecular Hbond substituents is 1. The summed E-state index contributed by atoms with van der Waals surface area (Å²) in [6.45, 7) is 7.79. The van der Waals surface area contributed by atoms with Gasteiger partial charge in [0.1, 0.15) is 5.75 Å². The Morgan fingerprint density at radius 1 is 0.905 bits per heavy atom. The molecule has 2 aromatic carbocycles. The highest BCUT2D eigenvalue weighted by Gasteiger charge is 2.05. The lowest BCUT2D eigenvalue weighted by atomic mass is 10.0. The first kappa shape index (κ1) is 15.0. The summed E-state index contributed by atoms with van der Waals surface area (Å²) in [6, 6.07) is 9.42. The molecule has 0 aliphatic rings. The van der Waals surface area contributed by atoms with Crippen molar-refractivity contribution in [2.75, 3.05) is 0 Å². The molecule has 0 aliphatic carbocycles. The Morgan fingerprint density at radius 2 is 1.52 bits per heavy atom. The SMILES string of the molecule is Cc1cc(C)cc(C(=O)/C=C/c2cc(O)c(C)cc2C)c1. The lowest BCUT2D eigenvalue weighted by molar-refractivity contribution is 0.104. The normalized spacial score (nSPS) is 11.0. The Hall–Kier alpha value is -2.35. The summed E-state index contributed by atoms with van der Waals surface area (Å²) in [6.07, 6.45) is 3.32. The Morgan fingerprint density at radius 3 is 2.14 bits per heavy atom. The van der Waals surface area contributed by atoms with E-state index < -0.39 is 0 Å². The van der Waals surface area contributed by atoms with E-state index in [4.69, 9.17) is 0 Å². The summed E-state index contributed by atoms with van der Waals surface area (Å²) in [5, 5.41) is 9.76. The van der Waals surface area contributed by atoms with Gasteiger partial charge in [-0.1, -0.05) is 29.3 Å². The maximum absolute atomic E-state index is 12.2. The number of carbonyl (C=O) groups is 1. The smallest absolute Gasteiger partial charge is 0.185 e. The van der Waals surface area contributed by atoms with Crippen molar-refractivity contribution in [2.24, 2.45) is 0 Å². The second-order valence-corrected chi connectivity index (χ2v) is 5.57. The minimum atomic E-state index is -0.0266. The maximum Gasteiger partial charge on any atom is 0.185 e. The van der Waals surface area contributed by atoms with Crippen LogP contribution in [-0.2, 0) is 0 Å². The van der Waals surface area contributed by atoms with Crippen LogP contribution in [0.4, 0.5) is 0 Å². The van der Waals surface area contributed by atoms with Crippen LogP contribution >= 0.6 is 0 Å². The van der Waals surface area contributed by atoms with Crippen molar-refractivity contribution in [1.29, 1.82) is 0 Å². The highest BCUT2D eigenvalue weighted by atomic mass is 16.3. The van der Waals surface area contributed by atoms with Crippen LogP contribution in [0.2, 0.25) is 0 Å². The van der Waals surface area contributed by atoms with Gasteiger partial charge in [-0.3, -0.25) is 4.79 Å². The third-order valence-electron chi connectivity index (χ3n) is 3.51. The summed E-state index contributed by atoms with van der Waals surface area (Å²) in [4.78, 5) is 12.2. The van der Waals surface area contributed by atoms with E-state index in [1.807, 2.05) is 52.0 Å². The number of allylic oxidation sites excluding steroid dienone is 1. The van der Waals surface area contributed by atoms with Crippen LogP contribution in [0.15, 0.2) is 36.4 Å². The third-order valence-corrected chi connectivity index (χ3v) is 3.51. The molecule has 0 amide bonds. The zero-order valence-corrected chi connectivity index (χ0v) is 12.9. The molecule has 0 saturated heterocycles. The Bertz CT molecular complexity index is 704. The van der Waals surface area contributed by atoms with Crippen molar-refractivity contribution in [3.8, 4) is 5.75 Å². The summed E-state index contributed by atoms with van der Waals surface area (Å²) < 4.78 is 0. The first-order chi connectivity index (χ1) is 9.86. The number of aryl methyl sites for hydroxylation is 4. The maximum atomic E-state index is 12.2. The van der Waals surface area contributed by atoms with Crippen LogP contribution in [0.3, 0.4) is 0 Å². The van der Waals surface area contributed by atoms with E-state index in [0.29, 0.717) is 5.56 Å². The first-order valence-corrected chi connectivity index (χ1v) is 6.98. The van der Waals surface area contributed by atoms with Crippen LogP contribution in [0, 0.1) is 27.7 Å². The van der Waals surface area contributed by atoms with Crippen molar-refractivity contribution in [2.45, 2.75) is 27.7 Å². The van der Waals surface area contributed by atoms with E-state index in [-0.39, 0.29) is 11.5 Å². The van der Waals surface area contributed by atoms with Crippen molar-refractivity contribution < 1.29 is 9.90 Å². The molecule has 1 N–H and O–H groups in total. The highest BCUT2D eigenvalue weighted by molar-refractivity contribution is 6.07. The molecular weight excluding hydrogens is 260 g/mol. The van der Waals surface area contributed by atoms with Gasteiger partial charge < -0.3 is 5.11 Å². The van der Waals surface area contributed by atoms with E-state index in [0.717, 1.165) is 27.8 Å². The predicted molar refractivity (Wildman–Crippen MR) is 86.9 cm³/mol. The molecule has 2 heteroatoms. The lowest BCUT2D eigenvalue weighted by Gasteiger charge is -2.05. The third kappa shape index (κ3) is 3.60. The average molecular weight is 280 g/mol. The Balaban J connectivity index is 2.29. The molecule has 0 fully saturated rings. The molecule has 0 atom stereocenters. The van der Waals surface area contributed by atoms with Gasteiger partial charge in [-0.2, -0.15) is 0 Å². The molecule has 0 radical (unpaired) electrons. The zero-order chi connectivity index (χ0) is 15.6. The quantitative estimate of drug-likeness (QED) is 0.663. The van der Waals surface area contributed by atoms with Gasteiger partial charge in [0, 0.05) is 5.56 Å². The summed E-state index contributed by atoms with van der Waals surface area (Å²) in [5.74, 6) is 0.223. The van der Waals surface area contributed by atoms with Gasteiger partial charge >= 0.3 is 0 Å². The number of aromatic hydroxyl groups is 1. The fourth-order valence-corrected chi connectivity index (χ4v) is 2.42. The summed E-state index contributed by atoms with van der Waals surface area (Å²) in [7, 11) is 0. The molecular formula is C19H20O2. The molecule has 0 unspecified atom stereocenters. The zero-order valence-electron chi connectivity index (χ0n) is 12.9. The molecule has 21 heavy (non-hydrogen) atoms. The van der Waals surface area contributed by atoms with Crippen LogP contribution in [0.1, 0.15) is 38.2 Å². The molecule has 0 heterocycles. The van der Waals surface area contributed by atoms with E-state index in [2.05, 4.69) is 0 Å². The van der Waals surface area contributed by atoms with Gasteiger partial charge in [-0.05, 0) is 68.7 Å². The molecule has 108 valence electrons. The van der Waals surface area contributed by atoms with E-state index in [1.165, 1.54) is 0 Å². The first-order valence-electron chi connectivity index (χ1n) is 6.98. The van der Waals surface area contributed by atoms with Crippen molar-refractivity contribution in [3.05, 3.63) is 69.8 Å². The van der Waals surface area contributed by atoms with E-state index in [9.17, 15) is 9.90 Å². The number of carbonyl (C=O) groups excluding carboxylic acids is 1. The largest absolute Gasteiger partial charge is 0.508 e. The molecule has 2 rings (SSSR count). The minimum absolute atomic E-state index is 0.0266. The Labute approximate surface area is 125 Å². The molecule has 0 bridgehead atoms. The monoisotopic (exact) mass is 280 g/mol. The molecule has 0 aromatic heterocycles. The van der Waals surface area contributed by atoms with Gasteiger partial charge in [0.25, 0.3) is 0 Å². The number of ketones is 1. The van der Waals surface area contributed by atoms with E-state index >= 15 is 0 Å². The van der Waals surface area contributed by atoms with Crippen LogP contribution in [-0.4, -0.2) is 10.9 Å². The van der Waals surface area contributed by atoms with Gasteiger partial charge in [0.05, 0.1) is 0 Å². The van der Waals surface area contributed by atoms with Gasteiger partial charge in [-0.15, -0.1) is 0 Å². The second-order valence-electron chi connectivity index (χ2n) is 5.57. The molecule has 2 nitrogen and oxygen atoms in total. The minimum Gasteiger partial charge on any atom is -0.508 e. The summed E-state index contributed by atoms with van der Waals surface area (Å²) >= 11 is 0. The van der Waals surface area contributed by atoms with Crippen LogP contribution in [0.5, 0.6) is 5.75 Å². The van der Waals surface area contributed by atoms with Crippen molar-refractivity contribution in [1.82, 2.24) is 0 Å². The highest BCUT2D eigenvalue weighted by Crippen LogP contribution is 2.22. The fraction of sp³-hybridized carbons (Fsp3) is 0.211. The topological polar surface area (TPSA) is 37.3 Å². The molecule has 2 aromatic rings. The molecule has 0 aliphatic heterocycles. The number of phenols is 1. The number of hydrogen-bond donors (Lipinski definition) is 1. The van der Waals surface area contributed by atoms with Crippen LogP contribution in [0.25, 0.3) is 6.08 Å². The standard InChI is InChI=1S/C19H20O2/c1-12-7-13(2)9-17(8-12)18(20)6-5-16-11-19(21)15(4)10-14(16)3/h5-11,21H,1-4H3/b6-5+. The average Bonchev–Trinajstić information content (AvgIpc) is 2.40. The Kier molecular flexibility index (Phi) is 4.27. The van der Waals surface area contributed by atoms with Gasteiger partial charge in [-0.25, -0.2) is 0 Å². The van der Waals surface area contributed by atoms with Crippen LogP contribution < -0.4 is 0 Å². The van der Waals surface area contributed by atoms with E-state index in [1.54, 1.807) is 18.2 Å². The molecule has 0 saturated carbocycles. The lowest BCUT2D eigenvalue weighted by Crippen LogP contribution is -1.96. The number of rotatable bonds is 3. The second kappa shape index (κ2) is 5.96. The molecule has 0 spiro atoms. The number of benzene rings is 2. The van der Waals surface area contributed by atoms with Gasteiger partial charge in [0.15, 0.2) is 5.78 Å². The predicted octanol–water partition coefficient (Wildman–Crippen LogP) is 4.52.